The maximum atomic E-state index is 15.0. The van der Waals surface area contributed by atoms with Crippen molar-refractivity contribution in [1.82, 2.24) is 14.8 Å². The van der Waals surface area contributed by atoms with Crippen LogP contribution < -0.4 is 0 Å². The summed E-state index contributed by atoms with van der Waals surface area (Å²) in [5.74, 6) is -1.87. The highest BCUT2D eigenvalue weighted by Crippen LogP contribution is 2.25. The summed E-state index contributed by atoms with van der Waals surface area (Å²) in [6, 6.07) is 18.7. The molecule has 0 bridgehead atoms. The van der Waals surface area contributed by atoms with Gasteiger partial charge in [0, 0.05) is 55.4 Å². The lowest BCUT2D eigenvalue weighted by atomic mass is 10.1. The van der Waals surface area contributed by atoms with Crippen LogP contribution in [-0.4, -0.2) is 55.3 Å². The topological polar surface area (TPSA) is 70.6 Å². The summed E-state index contributed by atoms with van der Waals surface area (Å²) < 4.78 is 54.6. The zero-order valence-electron chi connectivity index (χ0n) is 20.0. The Morgan fingerprint density at radius 2 is 1.65 bits per heavy atom. The molecule has 0 aliphatic carbocycles. The zero-order chi connectivity index (χ0) is 26.0. The smallest absolute Gasteiger partial charge is 0.254 e. The minimum atomic E-state index is -3.88. The molecule has 5 rings (SSSR count). The zero-order valence-corrected chi connectivity index (χ0v) is 20.8. The van der Waals surface area contributed by atoms with Crippen LogP contribution in [0.2, 0.25) is 0 Å². The lowest BCUT2D eigenvalue weighted by Gasteiger charge is -2.34. The van der Waals surface area contributed by atoms with E-state index in [1.165, 1.54) is 36.5 Å². The lowest BCUT2D eigenvalue weighted by molar-refractivity contribution is 0.0628. The highest BCUT2D eigenvalue weighted by Gasteiger charge is 2.25. The number of sulfone groups is 1. The Bertz CT molecular complexity index is 1560. The van der Waals surface area contributed by atoms with Gasteiger partial charge in [-0.3, -0.25) is 14.7 Å². The van der Waals surface area contributed by atoms with Gasteiger partial charge in [0.25, 0.3) is 5.91 Å². The highest BCUT2D eigenvalue weighted by molar-refractivity contribution is 7.90. The molecule has 1 saturated heterocycles. The van der Waals surface area contributed by atoms with Crippen molar-refractivity contribution < 1.29 is 22.0 Å². The van der Waals surface area contributed by atoms with Gasteiger partial charge in [0.15, 0.2) is 9.84 Å². The summed E-state index contributed by atoms with van der Waals surface area (Å²) in [6.45, 7) is 2.73. The minimum Gasteiger partial charge on any atom is -0.336 e. The lowest BCUT2D eigenvalue weighted by Crippen LogP contribution is -2.48. The van der Waals surface area contributed by atoms with Gasteiger partial charge in [0.1, 0.15) is 11.6 Å². The molecule has 0 radical (unpaired) electrons. The Balaban J connectivity index is 1.25. The first-order valence-electron chi connectivity index (χ1n) is 11.9. The van der Waals surface area contributed by atoms with Gasteiger partial charge in [-0.1, -0.05) is 36.4 Å². The summed E-state index contributed by atoms with van der Waals surface area (Å²) in [5.41, 5.74) is 1.37. The van der Waals surface area contributed by atoms with Crippen LogP contribution >= 0.6 is 0 Å². The predicted molar refractivity (Wildman–Crippen MR) is 137 cm³/mol. The molecule has 0 spiro atoms. The van der Waals surface area contributed by atoms with Gasteiger partial charge >= 0.3 is 0 Å². The third kappa shape index (κ3) is 5.52. The molecule has 1 fully saturated rings. The van der Waals surface area contributed by atoms with E-state index in [0.29, 0.717) is 43.6 Å². The Morgan fingerprint density at radius 3 is 2.41 bits per heavy atom. The largest absolute Gasteiger partial charge is 0.336 e. The number of pyridine rings is 1. The number of amides is 1. The Kier molecular flexibility index (Phi) is 6.99. The van der Waals surface area contributed by atoms with Crippen molar-refractivity contribution in [3.05, 3.63) is 107 Å². The Labute approximate surface area is 214 Å². The number of benzene rings is 3. The van der Waals surface area contributed by atoms with Gasteiger partial charge in [-0.2, -0.15) is 0 Å². The van der Waals surface area contributed by atoms with Crippen molar-refractivity contribution in [1.29, 1.82) is 0 Å². The van der Waals surface area contributed by atoms with Gasteiger partial charge in [0.05, 0.1) is 16.2 Å². The molecule has 1 aliphatic heterocycles. The van der Waals surface area contributed by atoms with Gasteiger partial charge in [-0.05, 0) is 42.0 Å². The quantitative estimate of drug-likeness (QED) is 0.375. The van der Waals surface area contributed by atoms with Crippen molar-refractivity contribution in [2.75, 3.05) is 26.2 Å². The molecule has 4 aromatic rings. The molecule has 0 unspecified atom stereocenters. The average molecular weight is 522 g/mol. The molecule has 3 aromatic carbocycles. The second-order valence-electron chi connectivity index (χ2n) is 9.09. The van der Waals surface area contributed by atoms with E-state index in [0.717, 1.165) is 11.6 Å². The van der Waals surface area contributed by atoms with E-state index >= 15 is 0 Å². The standard InChI is InChI=1S/C28H25F2N3O3S/c29-24-7-1-4-20(16-24)18-32-12-14-33(15-13-32)28(34)22-9-10-23(25(30)17-22)19-37(35,36)26-8-2-5-21-6-3-11-31-27(21)26/h1-11,16-17H,12-15,18-19H2. The summed E-state index contributed by atoms with van der Waals surface area (Å²) >= 11 is 0. The number of carbonyl (C=O) groups excluding carboxylic acids is 1. The maximum Gasteiger partial charge on any atom is 0.254 e. The first-order chi connectivity index (χ1) is 17.8. The summed E-state index contributed by atoms with van der Waals surface area (Å²) in [6.07, 6.45) is 1.52. The SMILES string of the molecule is O=C(c1ccc(CS(=O)(=O)c2cccc3cccnc23)c(F)c1)N1CCN(Cc2cccc(F)c2)CC1. The molecular weight excluding hydrogens is 496 g/mol. The number of aromatic nitrogens is 1. The molecule has 6 nitrogen and oxygen atoms in total. The molecule has 9 heteroatoms. The van der Waals surface area contributed by atoms with Crippen LogP contribution in [0, 0.1) is 11.6 Å². The monoisotopic (exact) mass is 521 g/mol. The van der Waals surface area contributed by atoms with Crippen LogP contribution in [0.3, 0.4) is 0 Å². The van der Waals surface area contributed by atoms with Crippen molar-refractivity contribution in [3.8, 4) is 0 Å². The molecule has 0 saturated carbocycles. The third-order valence-electron chi connectivity index (χ3n) is 6.53. The molecule has 1 aromatic heterocycles. The van der Waals surface area contributed by atoms with Gasteiger partial charge in [-0.15, -0.1) is 0 Å². The number of fused-ring (bicyclic) bond motifs is 1. The van der Waals surface area contributed by atoms with Crippen molar-refractivity contribution in [3.63, 3.8) is 0 Å². The Morgan fingerprint density at radius 1 is 0.892 bits per heavy atom. The summed E-state index contributed by atoms with van der Waals surface area (Å²) in [7, 11) is -3.88. The number of rotatable bonds is 6. The fourth-order valence-corrected chi connectivity index (χ4v) is 6.14. The van der Waals surface area contributed by atoms with Gasteiger partial charge < -0.3 is 4.90 Å². The second kappa shape index (κ2) is 10.4. The number of carbonyl (C=O) groups is 1. The summed E-state index contributed by atoms with van der Waals surface area (Å²) in [4.78, 5) is 21.0. The van der Waals surface area contributed by atoms with E-state index in [9.17, 15) is 22.0 Å². The molecule has 37 heavy (non-hydrogen) atoms. The average Bonchev–Trinajstić information content (AvgIpc) is 2.89. The molecule has 2 heterocycles. The molecule has 0 N–H and O–H groups in total. The van der Waals surface area contributed by atoms with E-state index in [-0.39, 0.29) is 27.7 Å². The van der Waals surface area contributed by atoms with Crippen LogP contribution in [-0.2, 0) is 22.1 Å². The molecule has 0 atom stereocenters. The van der Waals surface area contributed by atoms with Crippen molar-refractivity contribution in [2.45, 2.75) is 17.2 Å². The van der Waals surface area contributed by atoms with E-state index in [1.54, 1.807) is 35.2 Å². The Hall–Kier alpha value is -3.69. The number of halogens is 2. The first kappa shape index (κ1) is 25.0. The maximum absolute atomic E-state index is 15.0. The first-order valence-corrected chi connectivity index (χ1v) is 13.6. The van der Waals surface area contributed by atoms with Gasteiger partial charge in [-0.25, -0.2) is 17.2 Å². The van der Waals surface area contributed by atoms with Crippen LogP contribution in [0.25, 0.3) is 10.9 Å². The predicted octanol–water partition coefficient (Wildman–Crippen LogP) is 4.44. The van der Waals surface area contributed by atoms with E-state index in [2.05, 4.69) is 9.88 Å². The minimum absolute atomic E-state index is 0.00982. The number of hydrogen-bond donors (Lipinski definition) is 0. The van der Waals surface area contributed by atoms with Crippen LogP contribution in [0.5, 0.6) is 0 Å². The molecule has 190 valence electrons. The van der Waals surface area contributed by atoms with E-state index in [1.807, 2.05) is 6.07 Å². The van der Waals surface area contributed by atoms with E-state index in [4.69, 9.17) is 0 Å². The molecule has 1 aliphatic rings. The van der Waals surface area contributed by atoms with Gasteiger partial charge in [0.2, 0.25) is 0 Å². The van der Waals surface area contributed by atoms with Crippen LogP contribution in [0.4, 0.5) is 8.78 Å². The highest BCUT2D eigenvalue weighted by atomic mass is 32.2. The van der Waals surface area contributed by atoms with Crippen LogP contribution in [0.15, 0.2) is 83.9 Å². The molecular formula is C28H25F2N3O3S. The fourth-order valence-electron chi connectivity index (χ4n) is 4.59. The third-order valence-corrected chi connectivity index (χ3v) is 8.22. The number of para-hydroxylation sites is 1. The van der Waals surface area contributed by atoms with E-state index < -0.39 is 21.4 Å². The van der Waals surface area contributed by atoms with Crippen molar-refractivity contribution in [2.24, 2.45) is 0 Å². The fraction of sp³-hybridized carbons (Fsp3) is 0.214. The number of hydrogen-bond acceptors (Lipinski definition) is 5. The molecule has 1 amide bonds. The number of nitrogens with zero attached hydrogens (tertiary/aromatic N) is 3. The number of piperazine rings is 1. The van der Waals surface area contributed by atoms with Crippen molar-refractivity contribution >= 4 is 26.6 Å². The second-order valence-corrected chi connectivity index (χ2v) is 11.1. The normalized spacial score (nSPS) is 14.7. The summed E-state index contributed by atoms with van der Waals surface area (Å²) in [5, 5.41) is 0.682. The van der Waals surface area contributed by atoms with Crippen LogP contribution in [0.1, 0.15) is 21.5 Å².